The quantitative estimate of drug-likeness (QED) is 0.487. The lowest BCUT2D eigenvalue weighted by Gasteiger charge is -2.06. The lowest BCUT2D eigenvalue weighted by Crippen LogP contribution is -2.38. The molecule has 0 atom stereocenters. The Morgan fingerprint density at radius 3 is 2.81 bits per heavy atom. The molecular weight excluding hydrogens is 404 g/mol. The Labute approximate surface area is 155 Å². The number of carbonyl (C=O) groups excluding carboxylic acids is 1. The number of hydrazone groups is 1. The summed E-state index contributed by atoms with van der Waals surface area (Å²) < 4.78 is 4.53. The number of nitrogens with zero attached hydrogens (tertiary/aromatic N) is 5. The van der Waals surface area contributed by atoms with Gasteiger partial charge in [-0.05, 0) is 17.7 Å². The van der Waals surface area contributed by atoms with Crippen LogP contribution in [0.1, 0.15) is 5.56 Å². The van der Waals surface area contributed by atoms with Crippen LogP contribution in [0.25, 0.3) is 11.2 Å². The van der Waals surface area contributed by atoms with Crippen molar-refractivity contribution in [3.8, 4) is 0 Å². The molecule has 0 aliphatic carbocycles. The monoisotopic (exact) mass is 418 g/mol. The van der Waals surface area contributed by atoms with Crippen molar-refractivity contribution in [2.45, 2.75) is 6.54 Å². The summed E-state index contributed by atoms with van der Waals surface area (Å²) in [6.45, 7) is -0.153. The summed E-state index contributed by atoms with van der Waals surface area (Å²) in [6.07, 6.45) is 2.86. The second-order valence-corrected chi connectivity index (χ2v) is 6.51. The van der Waals surface area contributed by atoms with E-state index in [9.17, 15) is 14.4 Å². The number of benzene rings is 1. The van der Waals surface area contributed by atoms with Gasteiger partial charge in [0.2, 0.25) is 0 Å². The minimum atomic E-state index is -0.508. The first-order valence-corrected chi connectivity index (χ1v) is 8.36. The molecule has 1 amide bonds. The van der Waals surface area contributed by atoms with Crippen molar-refractivity contribution in [1.82, 2.24) is 24.1 Å². The van der Waals surface area contributed by atoms with E-state index in [1.807, 2.05) is 24.3 Å². The number of rotatable bonds is 4. The molecule has 26 heavy (non-hydrogen) atoms. The van der Waals surface area contributed by atoms with Crippen molar-refractivity contribution in [3.05, 3.63) is 61.5 Å². The van der Waals surface area contributed by atoms with E-state index in [1.165, 1.54) is 35.8 Å². The van der Waals surface area contributed by atoms with Gasteiger partial charge in [-0.15, -0.1) is 0 Å². The Balaban J connectivity index is 1.80. The maximum atomic E-state index is 12.3. The molecule has 0 saturated heterocycles. The number of hydrogen-bond donors (Lipinski definition) is 1. The first-order valence-electron chi connectivity index (χ1n) is 7.57. The van der Waals surface area contributed by atoms with Crippen LogP contribution in [0.15, 0.2) is 49.8 Å². The highest BCUT2D eigenvalue weighted by molar-refractivity contribution is 9.10. The number of aromatic nitrogens is 4. The topological polar surface area (TPSA) is 103 Å². The lowest BCUT2D eigenvalue weighted by atomic mass is 10.2. The normalized spacial score (nSPS) is 11.3. The summed E-state index contributed by atoms with van der Waals surface area (Å²) >= 11 is 3.35. The number of imidazole rings is 1. The van der Waals surface area contributed by atoms with E-state index >= 15 is 0 Å². The van der Waals surface area contributed by atoms with Gasteiger partial charge in [-0.25, -0.2) is 15.2 Å². The maximum Gasteiger partial charge on any atom is 0.332 e. The zero-order valence-corrected chi connectivity index (χ0v) is 15.6. The van der Waals surface area contributed by atoms with Gasteiger partial charge in [0, 0.05) is 18.6 Å². The van der Waals surface area contributed by atoms with Crippen molar-refractivity contribution in [2.24, 2.45) is 19.2 Å². The van der Waals surface area contributed by atoms with Crippen LogP contribution in [0.2, 0.25) is 0 Å². The predicted octanol–water partition coefficient (Wildman–Crippen LogP) is 0.347. The first kappa shape index (κ1) is 17.8. The number of hydrogen-bond acceptors (Lipinski definition) is 5. The van der Waals surface area contributed by atoms with Crippen LogP contribution in [0, 0.1) is 0 Å². The minimum absolute atomic E-state index is 0.153. The maximum absolute atomic E-state index is 12.3. The minimum Gasteiger partial charge on any atom is -0.315 e. The summed E-state index contributed by atoms with van der Waals surface area (Å²) in [5.41, 5.74) is 2.64. The molecule has 0 spiro atoms. The summed E-state index contributed by atoms with van der Waals surface area (Å²) in [4.78, 5) is 40.4. The Hall–Kier alpha value is -3.01. The van der Waals surface area contributed by atoms with Crippen LogP contribution in [-0.2, 0) is 25.4 Å². The highest BCUT2D eigenvalue weighted by atomic mass is 79.9. The number of amides is 1. The van der Waals surface area contributed by atoms with Crippen LogP contribution in [-0.4, -0.2) is 30.8 Å². The summed E-state index contributed by atoms with van der Waals surface area (Å²) in [6, 6.07) is 7.43. The SMILES string of the molecule is Cn1c(=O)c2c(ncn2CC(=O)N/N=C/c2cccc(Br)c2)n(C)c1=O. The van der Waals surface area contributed by atoms with E-state index in [0.29, 0.717) is 0 Å². The third-order valence-corrected chi connectivity index (χ3v) is 4.28. The molecule has 0 saturated carbocycles. The standard InChI is InChI=1S/C16H15BrN6O3/c1-21-14-13(15(25)22(2)16(21)26)23(9-18-14)8-12(24)20-19-7-10-4-3-5-11(17)6-10/h3-7,9H,8H2,1-2H3,(H,20,24)/b19-7+. The van der Waals surface area contributed by atoms with Gasteiger partial charge in [-0.2, -0.15) is 5.10 Å². The second kappa shape index (κ2) is 7.08. The Morgan fingerprint density at radius 2 is 2.08 bits per heavy atom. The van der Waals surface area contributed by atoms with Gasteiger partial charge in [-0.1, -0.05) is 28.1 Å². The van der Waals surface area contributed by atoms with Crippen molar-refractivity contribution < 1.29 is 4.79 Å². The van der Waals surface area contributed by atoms with E-state index in [1.54, 1.807) is 0 Å². The summed E-state index contributed by atoms with van der Waals surface area (Å²) in [5, 5.41) is 3.90. The largest absolute Gasteiger partial charge is 0.332 e. The van der Waals surface area contributed by atoms with Crippen LogP contribution in [0.4, 0.5) is 0 Å². The molecule has 0 aliphatic rings. The van der Waals surface area contributed by atoms with Gasteiger partial charge in [0.15, 0.2) is 11.2 Å². The molecule has 0 radical (unpaired) electrons. The van der Waals surface area contributed by atoms with Crippen molar-refractivity contribution >= 4 is 39.2 Å². The van der Waals surface area contributed by atoms with Gasteiger partial charge in [-0.3, -0.25) is 18.7 Å². The second-order valence-electron chi connectivity index (χ2n) is 5.60. The number of carbonyl (C=O) groups is 1. The van der Waals surface area contributed by atoms with Crippen molar-refractivity contribution in [2.75, 3.05) is 0 Å². The van der Waals surface area contributed by atoms with E-state index < -0.39 is 17.2 Å². The Bertz CT molecular complexity index is 1140. The summed E-state index contributed by atoms with van der Waals surface area (Å²) in [5.74, 6) is -0.425. The third-order valence-electron chi connectivity index (χ3n) is 3.78. The van der Waals surface area contributed by atoms with Crippen molar-refractivity contribution in [3.63, 3.8) is 0 Å². The number of halogens is 1. The molecule has 1 N–H and O–H groups in total. The fourth-order valence-electron chi connectivity index (χ4n) is 2.47. The molecule has 2 aromatic heterocycles. The molecule has 0 unspecified atom stereocenters. The number of fused-ring (bicyclic) bond motifs is 1. The van der Waals surface area contributed by atoms with E-state index in [4.69, 9.17) is 0 Å². The molecule has 0 aliphatic heterocycles. The number of aryl methyl sites for hydroxylation is 1. The summed E-state index contributed by atoms with van der Waals surface area (Å²) in [7, 11) is 2.90. The number of nitrogens with one attached hydrogen (secondary N) is 1. The molecule has 2 heterocycles. The van der Waals surface area contributed by atoms with Gasteiger partial charge >= 0.3 is 5.69 Å². The molecule has 10 heteroatoms. The van der Waals surface area contributed by atoms with Crippen LogP contribution in [0.3, 0.4) is 0 Å². The van der Waals surface area contributed by atoms with Crippen LogP contribution >= 0.6 is 15.9 Å². The molecule has 9 nitrogen and oxygen atoms in total. The van der Waals surface area contributed by atoms with E-state index in [-0.39, 0.29) is 17.7 Å². The van der Waals surface area contributed by atoms with Gasteiger partial charge < -0.3 is 4.57 Å². The lowest BCUT2D eigenvalue weighted by molar-refractivity contribution is -0.121. The molecule has 0 bridgehead atoms. The third kappa shape index (κ3) is 3.36. The van der Waals surface area contributed by atoms with Gasteiger partial charge in [0.25, 0.3) is 11.5 Å². The highest BCUT2D eigenvalue weighted by Gasteiger charge is 2.15. The Morgan fingerprint density at radius 1 is 1.31 bits per heavy atom. The van der Waals surface area contributed by atoms with Crippen LogP contribution < -0.4 is 16.7 Å². The van der Waals surface area contributed by atoms with Crippen molar-refractivity contribution in [1.29, 1.82) is 0 Å². The van der Waals surface area contributed by atoms with Crippen LogP contribution in [0.5, 0.6) is 0 Å². The van der Waals surface area contributed by atoms with Gasteiger partial charge in [0.05, 0.1) is 12.5 Å². The fraction of sp³-hybridized carbons (Fsp3) is 0.188. The first-order chi connectivity index (χ1) is 12.4. The molecule has 3 aromatic rings. The van der Waals surface area contributed by atoms with Gasteiger partial charge in [0.1, 0.15) is 6.54 Å². The van der Waals surface area contributed by atoms with E-state index in [2.05, 4.69) is 31.4 Å². The average molecular weight is 419 g/mol. The smallest absolute Gasteiger partial charge is 0.315 e. The fourth-order valence-corrected chi connectivity index (χ4v) is 2.89. The average Bonchev–Trinajstić information content (AvgIpc) is 3.02. The predicted molar refractivity (Wildman–Crippen MR) is 100 cm³/mol. The van der Waals surface area contributed by atoms with E-state index in [0.717, 1.165) is 14.6 Å². The Kier molecular flexibility index (Phi) is 4.85. The molecular formula is C16H15BrN6O3. The molecule has 3 rings (SSSR count). The zero-order chi connectivity index (χ0) is 18.8. The highest BCUT2D eigenvalue weighted by Crippen LogP contribution is 2.09. The molecule has 134 valence electrons. The molecule has 0 fully saturated rings. The zero-order valence-electron chi connectivity index (χ0n) is 14.0. The molecule has 1 aromatic carbocycles.